The van der Waals surface area contributed by atoms with E-state index in [1.807, 2.05) is 7.05 Å². The number of sulfone groups is 1. The van der Waals surface area contributed by atoms with Crippen molar-refractivity contribution in [1.29, 1.82) is 0 Å². The molecule has 0 aromatic carbocycles. The number of rotatable bonds is 5. The van der Waals surface area contributed by atoms with Crippen LogP contribution < -0.4 is 5.32 Å². The van der Waals surface area contributed by atoms with Gasteiger partial charge in [0.2, 0.25) is 0 Å². The van der Waals surface area contributed by atoms with Crippen molar-refractivity contribution in [3.8, 4) is 0 Å². The van der Waals surface area contributed by atoms with E-state index >= 15 is 0 Å². The van der Waals surface area contributed by atoms with Crippen LogP contribution in [0.1, 0.15) is 38.5 Å². The summed E-state index contributed by atoms with van der Waals surface area (Å²) in [7, 11) is -0.947. The molecule has 96 valence electrons. The fraction of sp³-hybridized carbons (Fsp3) is 1.00. The van der Waals surface area contributed by atoms with Gasteiger partial charge in [-0.1, -0.05) is 0 Å². The Morgan fingerprint density at radius 1 is 1.38 bits per heavy atom. The Morgan fingerprint density at radius 2 is 1.94 bits per heavy atom. The van der Waals surface area contributed by atoms with Crippen molar-refractivity contribution < 1.29 is 13.5 Å². The Morgan fingerprint density at radius 3 is 2.38 bits per heavy atom. The first-order chi connectivity index (χ1) is 7.35. The van der Waals surface area contributed by atoms with Gasteiger partial charge in [0.05, 0.1) is 5.60 Å². The summed E-state index contributed by atoms with van der Waals surface area (Å²) in [6, 6.07) is 0.509. The van der Waals surface area contributed by atoms with Crippen molar-refractivity contribution in [3.05, 3.63) is 0 Å². The van der Waals surface area contributed by atoms with Crippen LogP contribution in [0.5, 0.6) is 0 Å². The predicted octanol–water partition coefficient (Wildman–Crippen LogP) is 0.704. The van der Waals surface area contributed by atoms with Crippen LogP contribution >= 0.6 is 0 Å². The molecule has 1 aliphatic rings. The molecule has 4 nitrogen and oxygen atoms in total. The highest BCUT2D eigenvalue weighted by Gasteiger charge is 2.32. The van der Waals surface area contributed by atoms with Crippen LogP contribution in [0.2, 0.25) is 0 Å². The van der Waals surface area contributed by atoms with Gasteiger partial charge in [0.15, 0.2) is 0 Å². The number of nitrogens with one attached hydrogen (secondary N) is 1. The molecule has 0 bridgehead atoms. The molecule has 0 unspecified atom stereocenters. The van der Waals surface area contributed by atoms with Gasteiger partial charge in [0, 0.05) is 18.1 Å². The van der Waals surface area contributed by atoms with Crippen LogP contribution in [-0.2, 0) is 9.84 Å². The third kappa shape index (κ3) is 4.80. The zero-order valence-corrected chi connectivity index (χ0v) is 11.0. The summed E-state index contributed by atoms with van der Waals surface area (Å²) in [6.45, 7) is 0. The first-order valence-electron chi connectivity index (χ1n) is 5.92. The van der Waals surface area contributed by atoms with E-state index in [-0.39, 0.29) is 5.75 Å². The predicted molar refractivity (Wildman–Crippen MR) is 65.2 cm³/mol. The number of hydrogen-bond donors (Lipinski definition) is 2. The lowest BCUT2D eigenvalue weighted by Gasteiger charge is -2.36. The quantitative estimate of drug-likeness (QED) is 0.753. The summed E-state index contributed by atoms with van der Waals surface area (Å²) in [5, 5.41) is 13.5. The van der Waals surface area contributed by atoms with Crippen LogP contribution in [-0.4, -0.2) is 44.2 Å². The summed E-state index contributed by atoms with van der Waals surface area (Å²) in [4.78, 5) is 0. The van der Waals surface area contributed by atoms with E-state index in [0.29, 0.717) is 18.9 Å². The van der Waals surface area contributed by atoms with Crippen LogP contribution in [0.25, 0.3) is 0 Å². The maximum absolute atomic E-state index is 11.0. The van der Waals surface area contributed by atoms with Crippen molar-refractivity contribution in [3.63, 3.8) is 0 Å². The maximum Gasteiger partial charge on any atom is 0.147 e. The monoisotopic (exact) mass is 249 g/mol. The zero-order valence-electron chi connectivity index (χ0n) is 10.2. The highest BCUT2D eigenvalue weighted by molar-refractivity contribution is 7.90. The minimum Gasteiger partial charge on any atom is -0.390 e. The largest absolute Gasteiger partial charge is 0.390 e. The molecular weight excluding hydrogens is 226 g/mol. The molecule has 1 aliphatic carbocycles. The van der Waals surface area contributed by atoms with Gasteiger partial charge >= 0.3 is 0 Å². The lowest BCUT2D eigenvalue weighted by atomic mass is 9.79. The molecule has 0 heterocycles. The normalized spacial score (nSPS) is 31.6. The second-order valence-corrected chi connectivity index (χ2v) is 7.28. The van der Waals surface area contributed by atoms with Crippen molar-refractivity contribution >= 4 is 9.84 Å². The third-order valence-corrected chi connectivity index (χ3v) is 4.51. The maximum atomic E-state index is 11.0. The standard InChI is InChI=1S/C11H23NO3S/c1-12-10-4-7-11(13,8-5-10)6-3-9-16(2,14)15/h10,12-13H,3-9H2,1-2H3. The van der Waals surface area contributed by atoms with Gasteiger partial charge in [-0.2, -0.15) is 0 Å². The van der Waals surface area contributed by atoms with E-state index in [4.69, 9.17) is 0 Å². The summed E-state index contributed by atoms with van der Waals surface area (Å²) in [5.74, 6) is 0.185. The fourth-order valence-corrected chi connectivity index (χ4v) is 3.03. The van der Waals surface area contributed by atoms with Crippen LogP contribution in [0.15, 0.2) is 0 Å². The summed E-state index contributed by atoms with van der Waals surface area (Å²) in [5.41, 5.74) is -0.627. The average Bonchev–Trinajstić information content (AvgIpc) is 2.17. The van der Waals surface area contributed by atoms with Crippen molar-refractivity contribution in [2.45, 2.75) is 50.2 Å². The topological polar surface area (TPSA) is 66.4 Å². The lowest BCUT2D eigenvalue weighted by molar-refractivity contribution is -0.0107. The smallest absolute Gasteiger partial charge is 0.147 e. The van der Waals surface area contributed by atoms with Crippen molar-refractivity contribution in [2.24, 2.45) is 0 Å². The fourth-order valence-electron chi connectivity index (χ4n) is 2.36. The first kappa shape index (κ1) is 13.9. The van der Waals surface area contributed by atoms with Gasteiger partial charge < -0.3 is 10.4 Å². The van der Waals surface area contributed by atoms with Crippen LogP contribution in [0.3, 0.4) is 0 Å². The molecule has 1 saturated carbocycles. The lowest BCUT2D eigenvalue weighted by Crippen LogP contribution is -2.40. The van der Waals surface area contributed by atoms with Crippen molar-refractivity contribution in [1.82, 2.24) is 5.32 Å². The molecule has 2 N–H and O–H groups in total. The van der Waals surface area contributed by atoms with Gasteiger partial charge in [-0.3, -0.25) is 0 Å². The molecule has 0 saturated heterocycles. The average molecular weight is 249 g/mol. The van der Waals surface area contributed by atoms with E-state index < -0.39 is 15.4 Å². The SMILES string of the molecule is CNC1CCC(O)(CCCS(C)(=O)=O)CC1. The Hall–Kier alpha value is -0.130. The van der Waals surface area contributed by atoms with Crippen LogP contribution in [0.4, 0.5) is 0 Å². The molecule has 0 amide bonds. The van der Waals surface area contributed by atoms with Gasteiger partial charge in [0.1, 0.15) is 9.84 Å². The Balaban J connectivity index is 2.31. The van der Waals surface area contributed by atoms with E-state index in [0.717, 1.165) is 25.7 Å². The second kappa shape index (κ2) is 5.47. The van der Waals surface area contributed by atoms with Gasteiger partial charge in [-0.25, -0.2) is 8.42 Å². The molecule has 16 heavy (non-hydrogen) atoms. The minimum atomic E-state index is -2.89. The van der Waals surface area contributed by atoms with E-state index in [2.05, 4.69) is 5.32 Å². The molecule has 0 spiro atoms. The molecule has 1 fully saturated rings. The number of hydrogen-bond acceptors (Lipinski definition) is 4. The van der Waals surface area contributed by atoms with Gasteiger partial charge in [-0.15, -0.1) is 0 Å². The molecule has 5 heteroatoms. The molecular formula is C11H23NO3S. The highest BCUT2D eigenvalue weighted by Crippen LogP contribution is 2.32. The van der Waals surface area contributed by atoms with Crippen molar-refractivity contribution in [2.75, 3.05) is 19.1 Å². The second-order valence-electron chi connectivity index (χ2n) is 5.02. The Labute approximate surface area is 98.4 Å². The molecule has 0 aromatic rings. The number of aliphatic hydroxyl groups is 1. The van der Waals surface area contributed by atoms with E-state index in [1.54, 1.807) is 0 Å². The summed E-state index contributed by atoms with van der Waals surface area (Å²) >= 11 is 0. The summed E-state index contributed by atoms with van der Waals surface area (Å²) in [6.07, 6.45) is 5.94. The minimum absolute atomic E-state index is 0.185. The third-order valence-electron chi connectivity index (χ3n) is 3.48. The molecule has 0 atom stereocenters. The molecule has 0 aliphatic heterocycles. The zero-order chi connectivity index (χ0) is 12.2. The summed E-state index contributed by atoms with van der Waals surface area (Å²) < 4.78 is 22.0. The Bertz CT molecular complexity index is 305. The van der Waals surface area contributed by atoms with Gasteiger partial charge in [0.25, 0.3) is 0 Å². The van der Waals surface area contributed by atoms with E-state index in [9.17, 15) is 13.5 Å². The highest BCUT2D eigenvalue weighted by atomic mass is 32.2. The van der Waals surface area contributed by atoms with E-state index in [1.165, 1.54) is 6.26 Å². The molecule has 0 aromatic heterocycles. The van der Waals surface area contributed by atoms with Crippen LogP contribution in [0, 0.1) is 0 Å². The Kier molecular flexibility index (Phi) is 4.76. The molecule has 0 radical (unpaired) electrons. The molecule has 1 rings (SSSR count). The first-order valence-corrected chi connectivity index (χ1v) is 7.98. The van der Waals surface area contributed by atoms with Gasteiger partial charge in [-0.05, 0) is 45.6 Å².